The standard InChI is InChI=1S/C20H22O4/c1-3-17(23-19(21)15-11-7-5-8-12-15)18(4-2)24-20(22)16-13-9-6-10-14-16/h5-14,17-18H,3-4H2,1-2H3. The van der Waals surface area contributed by atoms with Crippen molar-refractivity contribution >= 4 is 11.9 Å². The molecule has 0 saturated heterocycles. The molecule has 0 spiro atoms. The van der Waals surface area contributed by atoms with Crippen molar-refractivity contribution < 1.29 is 19.1 Å². The summed E-state index contributed by atoms with van der Waals surface area (Å²) in [4.78, 5) is 24.5. The van der Waals surface area contributed by atoms with Crippen LogP contribution in [0.5, 0.6) is 0 Å². The Kier molecular flexibility index (Phi) is 6.55. The van der Waals surface area contributed by atoms with Crippen molar-refractivity contribution in [2.24, 2.45) is 0 Å². The third-order valence-electron chi connectivity index (χ3n) is 3.76. The van der Waals surface area contributed by atoms with Gasteiger partial charge in [-0.05, 0) is 37.1 Å². The summed E-state index contributed by atoms with van der Waals surface area (Å²) in [5.74, 6) is -0.812. The molecule has 0 saturated carbocycles. The molecule has 24 heavy (non-hydrogen) atoms. The molecule has 0 heterocycles. The molecule has 0 bridgehead atoms. The smallest absolute Gasteiger partial charge is 0.338 e. The van der Waals surface area contributed by atoms with Crippen LogP contribution in [0.25, 0.3) is 0 Å². The molecule has 0 N–H and O–H groups in total. The normalized spacial score (nSPS) is 12.9. The van der Waals surface area contributed by atoms with Gasteiger partial charge in [-0.15, -0.1) is 0 Å². The topological polar surface area (TPSA) is 52.6 Å². The van der Waals surface area contributed by atoms with E-state index < -0.39 is 24.1 Å². The Labute approximate surface area is 142 Å². The highest BCUT2D eigenvalue weighted by molar-refractivity contribution is 5.90. The van der Waals surface area contributed by atoms with E-state index in [1.807, 2.05) is 26.0 Å². The van der Waals surface area contributed by atoms with E-state index in [0.717, 1.165) is 0 Å². The van der Waals surface area contributed by atoms with Gasteiger partial charge in [0.1, 0.15) is 12.2 Å². The zero-order valence-corrected chi connectivity index (χ0v) is 14.0. The van der Waals surface area contributed by atoms with Gasteiger partial charge in [-0.2, -0.15) is 0 Å². The quantitative estimate of drug-likeness (QED) is 0.714. The average molecular weight is 326 g/mol. The Hall–Kier alpha value is -2.62. The molecular formula is C20H22O4. The largest absolute Gasteiger partial charge is 0.455 e. The van der Waals surface area contributed by atoms with Gasteiger partial charge >= 0.3 is 11.9 Å². The van der Waals surface area contributed by atoms with Crippen molar-refractivity contribution in [3.8, 4) is 0 Å². The van der Waals surface area contributed by atoms with Gasteiger partial charge in [0.25, 0.3) is 0 Å². The zero-order valence-electron chi connectivity index (χ0n) is 14.0. The molecular weight excluding hydrogens is 304 g/mol. The molecule has 2 rings (SSSR count). The molecule has 0 aliphatic heterocycles. The average Bonchev–Trinajstić information content (AvgIpc) is 2.65. The lowest BCUT2D eigenvalue weighted by Gasteiger charge is -2.25. The van der Waals surface area contributed by atoms with E-state index in [9.17, 15) is 9.59 Å². The number of rotatable bonds is 7. The highest BCUT2D eigenvalue weighted by Gasteiger charge is 2.26. The number of hydrogen-bond acceptors (Lipinski definition) is 4. The van der Waals surface area contributed by atoms with Crippen LogP contribution in [0.1, 0.15) is 47.4 Å². The van der Waals surface area contributed by atoms with Crippen LogP contribution in [0.3, 0.4) is 0 Å². The SMILES string of the molecule is CCC(OC(=O)c1ccccc1)C(CC)OC(=O)c1ccccc1. The van der Waals surface area contributed by atoms with Gasteiger partial charge in [0.2, 0.25) is 0 Å². The lowest BCUT2D eigenvalue weighted by molar-refractivity contribution is -0.0381. The lowest BCUT2D eigenvalue weighted by Crippen LogP contribution is -2.34. The molecule has 2 aromatic carbocycles. The maximum Gasteiger partial charge on any atom is 0.338 e. The van der Waals surface area contributed by atoms with Gasteiger partial charge in [0.15, 0.2) is 0 Å². The van der Waals surface area contributed by atoms with Crippen LogP contribution in [-0.2, 0) is 9.47 Å². The van der Waals surface area contributed by atoms with Crippen molar-refractivity contribution in [2.75, 3.05) is 0 Å². The number of hydrogen-bond donors (Lipinski definition) is 0. The highest BCUT2D eigenvalue weighted by Crippen LogP contribution is 2.16. The first-order valence-corrected chi connectivity index (χ1v) is 8.17. The Morgan fingerprint density at radius 2 is 1.04 bits per heavy atom. The van der Waals surface area contributed by atoms with E-state index in [2.05, 4.69) is 0 Å². The zero-order chi connectivity index (χ0) is 17.4. The van der Waals surface area contributed by atoms with Crippen molar-refractivity contribution in [3.63, 3.8) is 0 Å². The molecule has 0 aliphatic carbocycles. The number of benzene rings is 2. The van der Waals surface area contributed by atoms with E-state index >= 15 is 0 Å². The number of esters is 2. The molecule has 2 atom stereocenters. The van der Waals surface area contributed by atoms with Gasteiger partial charge in [-0.25, -0.2) is 9.59 Å². The molecule has 4 nitrogen and oxygen atoms in total. The van der Waals surface area contributed by atoms with Crippen molar-refractivity contribution in [2.45, 2.75) is 38.9 Å². The molecule has 0 fully saturated rings. The van der Waals surface area contributed by atoms with Gasteiger partial charge in [0.05, 0.1) is 11.1 Å². The van der Waals surface area contributed by atoms with Gasteiger partial charge in [-0.3, -0.25) is 0 Å². The van der Waals surface area contributed by atoms with Crippen LogP contribution >= 0.6 is 0 Å². The summed E-state index contributed by atoms with van der Waals surface area (Å²) in [5, 5.41) is 0. The summed E-state index contributed by atoms with van der Waals surface area (Å²) in [5.41, 5.74) is 0.973. The second-order valence-electron chi connectivity index (χ2n) is 5.44. The molecule has 0 aliphatic rings. The number of carbonyl (C=O) groups is 2. The molecule has 0 radical (unpaired) electrons. The molecule has 0 aromatic heterocycles. The fraction of sp³-hybridized carbons (Fsp3) is 0.300. The summed E-state index contributed by atoms with van der Waals surface area (Å²) in [6, 6.07) is 17.6. The first-order chi connectivity index (χ1) is 11.7. The summed E-state index contributed by atoms with van der Waals surface area (Å²) in [7, 11) is 0. The van der Waals surface area contributed by atoms with E-state index in [1.54, 1.807) is 48.5 Å². The maximum absolute atomic E-state index is 12.2. The fourth-order valence-corrected chi connectivity index (χ4v) is 2.40. The molecule has 4 heteroatoms. The predicted octanol–water partition coefficient (Wildman–Crippen LogP) is 4.26. The van der Waals surface area contributed by atoms with Crippen molar-refractivity contribution in [1.82, 2.24) is 0 Å². The second-order valence-corrected chi connectivity index (χ2v) is 5.44. The lowest BCUT2D eigenvalue weighted by atomic mass is 10.1. The van der Waals surface area contributed by atoms with Crippen LogP contribution in [0, 0.1) is 0 Å². The van der Waals surface area contributed by atoms with Crippen molar-refractivity contribution in [3.05, 3.63) is 71.8 Å². The number of carbonyl (C=O) groups excluding carboxylic acids is 2. The van der Waals surface area contributed by atoms with Crippen LogP contribution in [0.15, 0.2) is 60.7 Å². The Balaban J connectivity index is 2.03. The van der Waals surface area contributed by atoms with E-state index in [4.69, 9.17) is 9.47 Å². The van der Waals surface area contributed by atoms with Gasteiger partial charge in [0, 0.05) is 0 Å². The first kappa shape index (κ1) is 17.7. The minimum atomic E-state index is -0.477. The summed E-state index contributed by atoms with van der Waals surface area (Å²) in [6.45, 7) is 3.81. The minimum absolute atomic E-state index is 0.406. The molecule has 126 valence electrons. The van der Waals surface area contributed by atoms with Gasteiger partial charge < -0.3 is 9.47 Å². The Morgan fingerprint density at radius 1 is 0.708 bits per heavy atom. The molecule has 0 amide bonds. The molecule has 2 unspecified atom stereocenters. The third-order valence-corrected chi connectivity index (χ3v) is 3.76. The van der Waals surface area contributed by atoms with Crippen LogP contribution in [0.4, 0.5) is 0 Å². The van der Waals surface area contributed by atoms with Crippen LogP contribution in [0.2, 0.25) is 0 Å². The van der Waals surface area contributed by atoms with Crippen LogP contribution < -0.4 is 0 Å². The monoisotopic (exact) mass is 326 g/mol. The predicted molar refractivity (Wildman–Crippen MR) is 91.9 cm³/mol. The van der Waals surface area contributed by atoms with E-state index in [-0.39, 0.29) is 0 Å². The summed E-state index contributed by atoms with van der Waals surface area (Å²) >= 11 is 0. The highest BCUT2D eigenvalue weighted by atomic mass is 16.6. The van der Waals surface area contributed by atoms with Crippen molar-refractivity contribution in [1.29, 1.82) is 0 Å². The van der Waals surface area contributed by atoms with E-state index in [0.29, 0.717) is 24.0 Å². The summed E-state index contributed by atoms with van der Waals surface area (Å²) < 4.78 is 11.1. The first-order valence-electron chi connectivity index (χ1n) is 8.17. The fourth-order valence-electron chi connectivity index (χ4n) is 2.40. The summed E-state index contributed by atoms with van der Waals surface area (Å²) in [6.07, 6.45) is 0.184. The Morgan fingerprint density at radius 3 is 1.33 bits per heavy atom. The van der Waals surface area contributed by atoms with Gasteiger partial charge in [-0.1, -0.05) is 50.2 Å². The van der Waals surface area contributed by atoms with E-state index in [1.165, 1.54) is 0 Å². The maximum atomic E-state index is 12.2. The number of ether oxygens (including phenoxy) is 2. The minimum Gasteiger partial charge on any atom is -0.455 e. The second kappa shape index (κ2) is 8.87. The molecule has 2 aromatic rings. The Bertz CT molecular complexity index is 592. The van der Waals surface area contributed by atoms with Crippen LogP contribution in [-0.4, -0.2) is 24.1 Å². The third kappa shape index (κ3) is 4.69.